The summed E-state index contributed by atoms with van der Waals surface area (Å²) in [6.07, 6.45) is 0. The predicted octanol–water partition coefficient (Wildman–Crippen LogP) is 6.33. The summed E-state index contributed by atoms with van der Waals surface area (Å²) in [5.74, 6) is 2.87. The van der Waals surface area contributed by atoms with Crippen molar-refractivity contribution in [3.63, 3.8) is 0 Å². The topological polar surface area (TPSA) is 9.23 Å². The molecule has 20 heavy (non-hydrogen) atoms. The van der Waals surface area contributed by atoms with Gasteiger partial charge < -0.3 is 4.74 Å². The van der Waals surface area contributed by atoms with Gasteiger partial charge >= 0.3 is 0 Å². The van der Waals surface area contributed by atoms with E-state index in [1.54, 1.807) is 0 Å². The van der Waals surface area contributed by atoms with Crippen LogP contribution in [0.15, 0.2) is 42.5 Å². The first-order chi connectivity index (χ1) is 9.47. The number of hydrogen-bond donors (Lipinski definition) is 0. The summed E-state index contributed by atoms with van der Waals surface area (Å²) in [4.78, 5) is 0. The number of rotatable bonds is 4. The second-order valence-corrected chi connectivity index (χ2v) is 6.91. The average Bonchev–Trinajstić information content (AvgIpc) is 2.39. The molecule has 0 amide bonds. The molecule has 0 saturated heterocycles. The van der Waals surface area contributed by atoms with Gasteiger partial charge in [-0.05, 0) is 69.8 Å². The lowest BCUT2D eigenvalue weighted by Crippen LogP contribution is -1.95. The normalized spacial score (nSPS) is 11.2. The third-order valence-electron chi connectivity index (χ3n) is 3.37. The van der Waals surface area contributed by atoms with Crippen molar-refractivity contribution in [3.8, 4) is 11.5 Å². The molecule has 0 aromatic heterocycles. The van der Waals surface area contributed by atoms with E-state index in [4.69, 9.17) is 4.74 Å². The number of benzene rings is 2. The Morgan fingerprint density at radius 1 is 0.850 bits per heavy atom. The Bertz CT molecular complexity index is 570. The van der Waals surface area contributed by atoms with Crippen LogP contribution in [0.3, 0.4) is 0 Å². The summed E-state index contributed by atoms with van der Waals surface area (Å²) < 4.78 is 7.28. The SMILES string of the molecule is CC(C)c1ccc(Oc2cc(I)ccc2C(C)C)cc1. The fraction of sp³-hybridized carbons (Fsp3) is 0.333. The first kappa shape index (κ1) is 15.4. The molecule has 0 aliphatic heterocycles. The maximum Gasteiger partial charge on any atom is 0.131 e. The molecule has 0 spiro atoms. The van der Waals surface area contributed by atoms with E-state index < -0.39 is 0 Å². The molecule has 1 nitrogen and oxygen atoms in total. The molecule has 0 saturated carbocycles. The second-order valence-electron chi connectivity index (χ2n) is 5.66. The number of ether oxygens (including phenoxy) is 1. The summed E-state index contributed by atoms with van der Waals surface area (Å²) in [6, 6.07) is 14.8. The van der Waals surface area contributed by atoms with Crippen molar-refractivity contribution in [2.75, 3.05) is 0 Å². The van der Waals surface area contributed by atoms with Gasteiger partial charge in [0.05, 0.1) is 0 Å². The standard InChI is InChI=1S/C18H21IO/c1-12(2)14-5-8-16(9-6-14)20-18-11-15(19)7-10-17(18)13(3)4/h5-13H,1-4H3. The highest BCUT2D eigenvalue weighted by Gasteiger charge is 2.09. The lowest BCUT2D eigenvalue weighted by molar-refractivity contribution is 0.472. The van der Waals surface area contributed by atoms with Gasteiger partial charge in [-0.25, -0.2) is 0 Å². The van der Waals surface area contributed by atoms with Gasteiger partial charge in [0.2, 0.25) is 0 Å². The summed E-state index contributed by atoms with van der Waals surface area (Å²) in [5.41, 5.74) is 2.59. The van der Waals surface area contributed by atoms with Crippen molar-refractivity contribution in [2.45, 2.75) is 39.5 Å². The fourth-order valence-corrected chi connectivity index (χ4v) is 2.58. The van der Waals surface area contributed by atoms with Gasteiger partial charge in [0.25, 0.3) is 0 Å². The fourth-order valence-electron chi connectivity index (χ4n) is 2.12. The van der Waals surface area contributed by atoms with E-state index in [1.165, 1.54) is 14.7 Å². The second kappa shape index (κ2) is 6.61. The molecular formula is C18H21IO. The molecule has 2 heteroatoms. The Balaban J connectivity index is 2.27. The number of hydrogen-bond acceptors (Lipinski definition) is 1. The first-order valence-corrected chi connectivity index (χ1v) is 8.12. The van der Waals surface area contributed by atoms with E-state index in [0.717, 1.165) is 11.5 Å². The van der Waals surface area contributed by atoms with Crippen molar-refractivity contribution in [2.24, 2.45) is 0 Å². The molecule has 0 heterocycles. The monoisotopic (exact) mass is 380 g/mol. The van der Waals surface area contributed by atoms with Crippen LogP contribution >= 0.6 is 22.6 Å². The Kier molecular flexibility index (Phi) is 5.08. The molecule has 0 aliphatic carbocycles. The molecule has 2 aromatic rings. The van der Waals surface area contributed by atoms with Crippen molar-refractivity contribution in [3.05, 3.63) is 57.2 Å². The molecule has 0 unspecified atom stereocenters. The minimum Gasteiger partial charge on any atom is -0.457 e. The third kappa shape index (κ3) is 3.75. The van der Waals surface area contributed by atoms with E-state index in [9.17, 15) is 0 Å². The molecule has 0 radical (unpaired) electrons. The van der Waals surface area contributed by atoms with Crippen LogP contribution in [0, 0.1) is 3.57 Å². The van der Waals surface area contributed by atoms with Gasteiger partial charge in [0.1, 0.15) is 11.5 Å². The van der Waals surface area contributed by atoms with E-state index in [2.05, 4.69) is 92.8 Å². The Labute approximate surface area is 135 Å². The lowest BCUT2D eigenvalue weighted by atomic mass is 10.0. The zero-order valence-corrected chi connectivity index (χ0v) is 14.6. The highest BCUT2D eigenvalue weighted by molar-refractivity contribution is 14.1. The first-order valence-electron chi connectivity index (χ1n) is 7.04. The molecule has 0 N–H and O–H groups in total. The van der Waals surface area contributed by atoms with Crippen LogP contribution in [-0.4, -0.2) is 0 Å². The highest BCUT2D eigenvalue weighted by Crippen LogP contribution is 2.32. The maximum atomic E-state index is 6.08. The van der Waals surface area contributed by atoms with Crippen LogP contribution in [0.5, 0.6) is 11.5 Å². The van der Waals surface area contributed by atoms with Crippen LogP contribution in [0.1, 0.15) is 50.7 Å². The zero-order chi connectivity index (χ0) is 14.7. The molecule has 0 fully saturated rings. The molecule has 0 aliphatic rings. The summed E-state index contributed by atoms with van der Waals surface area (Å²) in [6.45, 7) is 8.78. The largest absolute Gasteiger partial charge is 0.457 e. The van der Waals surface area contributed by atoms with Gasteiger partial charge in [0.15, 0.2) is 0 Å². The Morgan fingerprint density at radius 2 is 1.50 bits per heavy atom. The van der Waals surface area contributed by atoms with Gasteiger partial charge in [-0.1, -0.05) is 45.9 Å². The summed E-state index contributed by atoms with van der Waals surface area (Å²) >= 11 is 2.32. The quantitative estimate of drug-likeness (QED) is 0.563. The van der Waals surface area contributed by atoms with Crippen LogP contribution in [0.25, 0.3) is 0 Å². The van der Waals surface area contributed by atoms with Gasteiger partial charge in [-0.3, -0.25) is 0 Å². The predicted molar refractivity (Wildman–Crippen MR) is 93.9 cm³/mol. The van der Waals surface area contributed by atoms with Crippen molar-refractivity contribution >= 4 is 22.6 Å². The van der Waals surface area contributed by atoms with E-state index >= 15 is 0 Å². The molecule has 0 bridgehead atoms. The smallest absolute Gasteiger partial charge is 0.131 e. The lowest BCUT2D eigenvalue weighted by Gasteiger charge is -2.15. The van der Waals surface area contributed by atoms with Crippen molar-refractivity contribution in [1.82, 2.24) is 0 Å². The molecule has 106 valence electrons. The van der Waals surface area contributed by atoms with E-state index in [1.807, 2.05) is 0 Å². The van der Waals surface area contributed by atoms with Crippen LogP contribution in [-0.2, 0) is 0 Å². The molecule has 2 aromatic carbocycles. The van der Waals surface area contributed by atoms with Gasteiger partial charge in [0, 0.05) is 3.57 Å². The van der Waals surface area contributed by atoms with Crippen molar-refractivity contribution < 1.29 is 4.74 Å². The third-order valence-corrected chi connectivity index (χ3v) is 4.04. The summed E-state index contributed by atoms with van der Waals surface area (Å²) in [5, 5.41) is 0. The molecular weight excluding hydrogens is 359 g/mol. The van der Waals surface area contributed by atoms with Crippen LogP contribution in [0.4, 0.5) is 0 Å². The average molecular weight is 380 g/mol. The van der Waals surface area contributed by atoms with Gasteiger partial charge in [-0.2, -0.15) is 0 Å². The highest BCUT2D eigenvalue weighted by atomic mass is 127. The summed E-state index contributed by atoms with van der Waals surface area (Å²) in [7, 11) is 0. The molecule has 2 rings (SSSR count). The van der Waals surface area contributed by atoms with Gasteiger partial charge in [-0.15, -0.1) is 0 Å². The minimum atomic E-state index is 0.455. The molecule has 0 atom stereocenters. The van der Waals surface area contributed by atoms with E-state index in [-0.39, 0.29) is 0 Å². The van der Waals surface area contributed by atoms with Crippen LogP contribution < -0.4 is 4.74 Å². The number of halogens is 1. The van der Waals surface area contributed by atoms with Crippen LogP contribution in [0.2, 0.25) is 0 Å². The Hall–Kier alpha value is -1.03. The van der Waals surface area contributed by atoms with Crippen molar-refractivity contribution in [1.29, 1.82) is 0 Å². The van der Waals surface area contributed by atoms with E-state index in [0.29, 0.717) is 11.8 Å². The maximum absolute atomic E-state index is 6.08. The minimum absolute atomic E-state index is 0.455. The zero-order valence-electron chi connectivity index (χ0n) is 12.5. The Morgan fingerprint density at radius 3 is 2.05 bits per heavy atom.